The first-order valence-corrected chi connectivity index (χ1v) is 7.08. The van der Waals surface area contributed by atoms with E-state index < -0.39 is 5.97 Å². The first kappa shape index (κ1) is 14.8. The van der Waals surface area contributed by atoms with Gasteiger partial charge in [-0.3, -0.25) is 0 Å². The first-order valence-electron chi connectivity index (χ1n) is 6.20. The molecule has 0 saturated heterocycles. The van der Waals surface area contributed by atoms with E-state index in [4.69, 9.17) is 10.00 Å². The molecule has 0 aliphatic rings. The summed E-state index contributed by atoms with van der Waals surface area (Å²) in [4.78, 5) is 16.0. The summed E-state index contributed by atoms with van der Waals surface area (Å²) in [6.07, 6.45) is 1.71. The zero-order valence-corrected chi connectivity index (χ0v) is 12.0. The Balaban J connectivity index is 1.97. The van der Waals surface area contributed by atoms with E-state index in [-0.39, 0.29) is 12.3 Å². The molecule has 1 aromatic heterocycles. The van der Waals surface area contributed by atoms with Crippen LogP contribution in [0, 0.1) is 11.3 Å². The highest BCUT2D eigenvalue weighted by molar-refractivity contribution is 7.13. The fraction of sp³-hybridized carbons (Fsp3) is 0.133. The summed E-state index contributed by atoms with van der Waals surface area (Å²) in [6.45, 7) is 4.23. The van der Waals surface area contributed by atoms with E-state index in [2.05, 4.69) is 22.9 Å². The average molecular weight is 299 g/mol. The van der Waals surface area contributed by atoms with Crippen LogP contribution in [0.3, 0.4) is 0 Å². The maximum atomic E-state index is 11.9. The summed E-state index contributed by atoms with van der Waals surface area (Å²) in [5, 5.41) is 14.2. The number of esters is 1. The molecule has 0 radical (unpaired) electrons. The van der Waals surface area contributed by atoms with Gasteiger partial charge in [-0.2, -0.15) is 5.26 Å². The molecule has 6 heteroatoms. The number of nitrogens with zero attached hydrogens (tertiary/aromatic N) is 2. The van der Waals surface area contributed by atoms with Crippen molar-refractivity contribution in [3.05, 3.63) is 59.1 Å². The van der Waals surface area contributed by atoms with Crippen LogP contribution in [0.2, 0.25) is 0 Å². The van der Waals surface area contributed by atoms with E-state index in [0.29, 0.717) is 22.8 Å². The Bertz CT molecular complexity index is 688. The molecule has 0 fully saturated rings. The summed E-state index contributed by atoms with van der Waals surface area (Å²) >= 11 is 1.32. The van der Waals surface area contributed by atoms with E-state index in [1.165, 1.54) is 11.3 Å². The van der Waals surface area contributed by atoms with E-state index in [1.54, 1.807) is 35.7 Å². The average Bonchev–Trinajstić information content (AvgIpc) is 2.99. The number of benzene rings is 1. The van der Waals surface area contributed by atoms with Gasteiger partial charge in [-0.1, -0.05) is 24.3 Å². The standard InChI is InChI=1S/C15H13N3O2S/c1-2-7-17-15-18-13(10-21-15)14(19)20-9-12-6-4-3-5-11(12)8-16/h2-6,10H,1,7,9H2,(H,17,18). The molecule has 1 heterocycles. The molecule has 21 heavy (non-hydrogen) atoms. The number of aromatic nitrogens is 1. The zero-order valence-electron chi connectivity index (χ0n) is 11.2. The summed E-state index contributed by atoms with van der Waals surface area (Å²) in [5.41, 5.74) is 1.42. The second kappa shape index (κ2) is 7.22. The fourth-order valence-corrected chi connectivity index (χ4v) is 2.27. The third-order valence-electron chi connectivity index (χ3n) is 2.61. The maximum absolute atomic E-state index is 11.9. The van der Waals surface area contributed by atoms with Crippen molar-refractivity contribution >= 4 is 22.4 Å². The van der Waals surface area contributed by atoms with Crippen molar-refractivity contribution in [3.8, 4) is 6.07 Å². The SMILES string of the molecule is C=CCNc1nc(C(=O)OCc2ccccc2C#N)cs1. The number of nitrogens with one attached hydrogen (secondary N) is 1. The van der Waals surface area contributed by atoms with Crippen LogP contribution in [0.1, 0.15) is 21.6 Å². The molecular formula is C15H13N3O2S. The molecule has 2 aromatic rings. The molecule has 0 amide bonds. The molecule has 0 spiro atoms. The Morgan fingerprint density at radius 1 is 1.52 bits per heavy atom. The third kappa shape index (κ3) is 3.91. The number of nitriles is 1. The van der Waals surface area contributed by atoms with Crippen LogP contribution in [0.25, 0.3) is 0 Å². The lowest BCUT2D eigenvalue weighted by Crippen LogP contribution is -2.07. The van der Waals surface area contributed by atoms with Gasteiger partial charge < -0.3 is 10.1 Å². The lowest BCUT2D eigenvalue weighted by molar-refractivity contribution is 0.0466. The maximum Gasteiger partial charge on any atom is 0.358 e. The Labute approximate surface area is 126 Å². The predicted octanol–water partition coefficient (Wildman–Crippen LogP) is 2.97. The van der Waals surface area contributed by atoms with Crippen LogP contribution >= 0.6 is 11.3 Å². The molecule has 0 unspecified atom stereocenters. The van der Waals surface area contributed by atoms with E-state index in [0.717, 1.165) is 0 Å². The molecular weight excluding hydrogens is 286 g/mol. The molecule has 0 aliphatic carbocycles. The third-order valence-corrected chi connectivity index (χ3v) is 3.41. The highest BCUT2D eigenvalue weighted by Crippen LogP contribution is 2.17. The highest BCUT2D eigenvalue weighted by Gasteiger charge is 2.13. The summed E-state index contributed by atoms with van der Waals surface area (Å²) in [5.74, 6) is -0.509. The van der Waals surface area contributed by atoms with Gasteiger partial charge in [0, 0.05) is 17.5 Å². The summed E-state index contributed by atoms with van der Waals surface area (Å²) < 4.78 is 5.18. The van der Waals surface area contributed by atoms with Gasteiger partial charge in [-0.05, 0) is 6.07 Å². The second-order valence-electron chi connectivity index (χ2n) is 4.05. The number of thiazole rings is 1. The minimum atomic E-state index is -0.509. The Hall–Kier alpha value is -2.65. The van der Waals surface area contributed by atoms with Crippen LogP contribution in [0.5, 0.6) is 0 Å². The van der Waals surface area contributed by atoms with Crippen molar-refractivity contribution < 1.29 is 9.53 Å². The van der Waals surface area contributed by atoms with Crippen molar-refractivity contribution in [2.24, 2.45) is 0 Å². The van der Waals surface area contributed by atoms with Gasteiger partial charge in [-0.15, -0.1) is 17.9 Å². The van der Waals surface area contributed by atoms with E-state index >= 15 is 0 Å². The number of ether oxygens (including phenoxy) is 1. The van der Waals surface area contributed by atoms with Crippen molar-refractivity contribution in [3.63, 3.8) is 0 Å². The Morgan fingerprint density at radius 2 is 2.33 bits per heavy atom. The first-order chi connectivity index (χ1) is 10.2. The fourth-order valence-electron chi connectivity index (χ4n) is 1.58. The number of carbonyl (C=O) groups is 1. The van der Waals surface area contributed by atoms with Crippen molar-refractivity contribution in [2.75, 3.05) is 11.9 Å². The monoisotopic (exact) mass is 299 g/mol. The molecule has 0 aliphatic heterocycles. The molecule has 2 rings (SSSR count). The Kier molecular flexibility index (Phi) is 5.07. The lowest BCUT2D eigenvalue weighted by Gasteiger charge is -2.04. The molecule has 0 atom stereocenters. The van der Waals surface area contributed by atoms with Crippen LogP contribution in [-0.4, -0.2) is 17.5 Å². The number of hydrogen-bond donors (Lipinski definition) is 1. The minimum absolute atomic E-state index is 0.0511. The van der Waals surface area contributed by atoms with Crippen LogP contribution < -0.4 is 5.32 Å². The summed E-state index contributed by atoms with van der Waals surface area (Å²) in [7, 11) is 0. The molecule has 106 valence electrons. The van der Waals surface area contributed by atoms with Gasteiger partial charge in [0.2, 0.25) is 0 Å². The molecule has 0 saturated carbocycles. The smallest absolute Gasteiger partial charge is 0.358 e. The predicted molar refractivity (Wildman–Crippen MR) is 81.1 cm³/mol. The largest absolute Gasteiger partial charge is 0.456 e. The van der Waals surface area contributed by atoms with Crippen molar-refractivity contribution in [1.29, 1.82) is 5.26 Å². The van der Waals surface area contributed by atoms with Gasteiger partial charge in [0.1, 0.15) is 6.61 Å². The minimum Gasteiger partial charge on any atom is -0.456 e. The molecule has 0 bridgehead atoms. The molecule has 5 nitrogen and oxygen atoms in total. The van der Waals surface area contributed by atoms with Crippen LogP contribution in [-0.2, 0) is 11.3 Å². The van der Waals surface area contributed by atoms with E-state index in [9.17, 15) is 4.79 Å². The quantitative estimate of drug-likeness (QED) is 0.655. The zero-order chi connectivity index (χ0) is 15.1. The van der Waals surface area contributed by atoms with Gasteiger partial charge >= 0.3 is 5.97 Å². The number of rotatable bonds is 6. The van der Waals surface area contributed by atoms with Crippen LogP contribution in [0.4, 0.5) is 5.13 Å². The molecule has 1 N–H and O–H groups in total. The Morgan fingerprint density at radius 3 is 3.10 bits per heavy atom. The highest BCUT2D eigenvalue weighted by atomic mass is 32.1. The van der Waals surface area contributed by atoms with Crippen LogP contribution in [0.15, 0.2) is 42.3 Å². The van der Waals surface area contributed by atoms with E-state index in [1.807, 2.05) is 0 Å². The number of anilines is 1. The van der Waals surface area contributed by atoms with Crippen molar-refractivity contribution in [2.45, 2.75) is 6.61 Å². The van der Waals surface area contributed by atoms with Crippen molar-refractivity contribution in [1.82, 2.24) is 4.98 Å². The summed E-state index contributed by atoms with van der Waals surface area (Å²) in [6, 6.07) is 9.06. The van der Waals surface area contributed by atoms with Gasteiger partial charge in [-0.25, -0.2) is 9.78 Å². The lowest BCUT2D eigenvalue weighted by atomic mass is 10.1. The second-order valence-corrected chi connectivity index (χ2v) is 4.91. The normalized spacial score (nSPS) is 9.67. The van der Waals surface area contributed by atoms with Gasteiger partial charge in [0.15, 0.2) is 10.8 Å². The number of hydrogen-bond acceptors (Lipinski definition) is 6. The number of carbonyl (C=O) groups excluding carboxylic acids is 1. The topological polar surface area (TPSA) is 75.0 Å². The molecule has 1 aromatic carbocycles. The van der Waals surface area contributed by atoms with Gasteiger partial charge in [0.05, 0.1) is 11.6 Å². The van der Waals surface area contributed by atoms with Gasteiger partial charge in [0.25, 0.3) is 0 Å².